The maximum Gasteiger partial charge on any atom is 0.290 e. The number of nitrogens with zero attached hydrogens (tertiary/aromatic N) is 1. The number of fused-ring (bicyclic) bond motifs is 2. The van der Waals surface area contributed by atoms with Crippen LogP contribution in [0.15, 0.2) is 63.8 Å². The quantitative estimate of drug-likeness (QED) is 0.168. The SMILES string of the molecule is CCCCCCOc1ccc(C2c3c(oc4c(C)cc(C)cc4c3=O)C(=O)N2CCc2ccc(OC)c(OC)c2)cc1. The largest absolute Gasteiger partial charge is 0.494 e. The van der Waals surface area contributed by atoms with Crippen molar-refractivity contribution in [2.45, 2.75) is 58.9 Å². The summed E-state index contributed by atoms with van der Waals surface area (Å²) in [6, 6.07) is 16.7. The number of carbonyl (C=O) groups is 1. The standard InChI is InChI=1S/C35H39NO6/c1-6-7-8-9-18-41-26-13-11-25(12-14-26)31-30-32(37)27-20-22(2)19-23(3)33(27)42-34(30)35(38)36(31)17-16-24-10-15-28(39-4)29(21-24)40-5/h10-15,19-21,31H,6-9,16-18H2,1-5H3. The van der Waals surface area contributed by atoms with E-state index in [4.69, 9.17) is 18.6 Å². The Morgan fingerprint density at radius 3 is 2.36 bits per heavy atom. The lowest BCUT2D eigenvalue weighted by atomic mass is 9.97. The lowest BCUT2D eigenvalue weighted by molar-refractivity contribution is 0.0730. The van der Waals surface area contributed by atoms with E-state index in [1.165, 1.54) is 12.8 Å². The summed E-state index contributed by atoms with van der Waals surface area (Å²) in [7, 11) is 3.20. The molecule has 0 fully saturated rings. The van der Waals surface area contributed by atoms with E-state index in [1.807, 2.05) is 68.4 Å². The third kappa shape index (κ3) is 5.73. The zero-order valence-corrected chi connectivity index (χ0v) is 25.1. The fourth-order valence-electron chi connectivity index (χ4n) is 5.80. The van der Waals surface area contributed by atoms with Crippen molar-refractivity contribution in [2.75, 3.05) is 27.4 Å². The Morgan fingerprint density at radius 2 is 1.64 bits per heavy atom. The van der Waals surface area contributed by atoms with Gasteiger partial charge in [-0.05, 0) is 79.3 Å². The molecule has 1 aliphatic heterocycles. The molecule has 0 saturated carbocycles. The molecule has 0 bridgehead atoms. The van der Waals surface area contributed by atoms with Gasteiger partial charge in [0.1, 0.15) is 11.3 Å². The van der Waals surface area contributed by atoms with Crippen LogP contribution in [0, 0.1) is 13.8 Å². The predicted molar refractivity (Wildman–Crippen MR) is 164 cm³/mol. The lowest BCUT2D eigenvalue weighted by Crippen LogP contribution is -2.31. The van der Waals surface area contributed by atoms with Gasteiger partial charge in [-0.25, -0.2) is 0 Å². The highest BCUT2D eigenvalue weighted by molar-refractivity contribution is 5.99. The molecule has 0 saturated heterocycles. The molecule has 0 spiro atoms. The van der Waals surface area contributed by atoms with Crippen molar-refractivity contribution in [1.29, 1.82) is 0 Å². The second-order valence-corrected chi connectivity index (χ2v) is 11.0. The highest BCUT2D eigenvalue weighted by atomic mass is 16.5. The third-order valence-corrected chi connectivity index (χ3v) is 7.95. The predicted octanol–water partition coefficient (Wildman–Crippen LogP) is 7.17. The summed E-state index contributed by atoms with van der Waals surface area (Å²) in [6.45, 7) is 7.09. The first-order valence-electron chi connectivity index (χ1n) is 14.7. The number of hydrogen-bond donors (Lipinski definition) is 0. The van der Waals surface area contributed by atoms with E-state index in [-0.39, 0.29) is 17.1 Å². The molecular weight excluding hydrogens is 530 g/mol. The van der Waals surface area contributed by atoms with Crippen molar-refractivity contribution >= 4 is 16.9 Å². The van der Waals surface area contributed by atoms with Crippen LogP contribution in [0.2, 0.25) is 0 Å². The van der Waals surface area contributed by atoms with Crippen molar-refractivity contribution in [3.63, 3.8) is 0 Å². The van der Waals surface area contributed by atoms with Gasteiger partial charge in [0.2, 0.25) is 5.76 Å². The van der Waals surface area contributed by atoms with Crippen LogP contribution in [0.1, 0.15) is 77.0 Å². The third-order valence-electron chi connectivity index (χ3n) is 7.95. The molecule has 220 valence electrons. The smallest absolute Gasteiger partial charge is 0.290 e. The van der Waals surface area contributed by atoms with E-state index in [0.717, 1.165) is 40.8 Å². The molecule has 1 atom stereocenters. The van der Waals surface area contributed by atoms with Gasteiger partial charge in [0.05, 0.1) is 37.8 Å². The first kappa shape index (κ1) is 29.2. The zero-order chi connectivity index (χ0) is 29.8. The van der Waals surface area contributed by atoms with E-state index in [0.29, 0.717) is 47.6 Å². The molecule has 0 radical (unpaired) electrons. The van der Waals surface area contributed by atoms with Gasteiger partial charge in [0.25, 0.3) is 5.91 Å². The van der Waals surface area contributed by atoms with Crippen molar-refractivity contribution in [3.05, 3.63) is 98.4 Å². The minimum Gasteiger partial charge on any atom is -0.494 e. The monoisotopic (exact) mass is 569 g/mol. The van der Waals surface area contributed by atoms with Gasteiger partial charge < -0.3 is 23.5 Å². The first-order chi connectivity index (χ1) is 20.4. The second-order valence-electron chi connectivity index (χ2n) is 11.0. The summed E-state index contributed by atoms with van der Waals surface area (Å²) in [4.78, 5) is 29.7. The summed E-state index contributed by atoms with van der Waals surface area (Å²) in [5, 5.41) is 0.498. The Morgan fingerprint density at radius 1 is 0.881 bits per heavy atom. The Balaban J connectivity index is 1.50. The molecule has 4 aromatic rings. The highest BCUT2D eigenvalue weighted by Gasteiger charge is 2.42. The average molecular weight is 570 g/mol. The maximum absolute atomic E-state index is 14.0. The van der Waals surface area contributed by atoms with E-state index < -0.39 is 6.04 Å². The van der Waals surface area contributed by atoms with Crippen molar-refractivity contribution in [1.82, 2.24) is 4.90 Å². The average Bonchev–Trinajstić information content (AvgIpc) is 3.28. The normalized spacial score (nSPS) is 14.4. The zero-order valence-electron chi connectivity index (χ0n) is 25.1. The Labute approximate surface area is 247 Å². The molecule has 0 aliphatic carbocycles. The molecular formula is C35H39NO6. The molecule has 3 aromatic carbocycles. The van der Waals surface area contributed by atoms with E-state index in [2.05, 4.69) is 6.92 Å². The summed E-state index contributed by atoms with van der Waals surface area (Å²) in [5.74, 6) is 1.87. The van der Waals surface area contributed by atoms with Crippen LogP contribution < -0.4 is 19.6 Å². The second kappa shape index (κ2) is 12.7. The fourth-order valence-corrected chi connectivity index (χ4v) is 5.80. The Bertz CT molecular complexity index is 1640. The Kier molecular flexibility index (Phi) is 8.86. The molecule has 5 rings (SSSR count). The lowest BCUT2D eigenvalue weighted by Gasteiger charge is -2.25. The summed E-state index contributed by atoms with van der Waals surface area (Å²) < 4.78 is 23.1. The number of benzene rings is 3. The van der Waals surface area contributed by atoms with Gasteiger partial charge >= 0.3 is 0 Å². The van der Waals surface area contributed by atoms with Gasteiger partial charge in [-0.3, -0.25) is 9.59 Å². The maximum atomic E-state index is 14.0. The van der Waals surface area contributed by atoms with E-state index >= 15 is 0 Å². The van der Waals surface area contributed by atoms with Crippen LogP contribution >= 0.6 is 0 Å². The van der Waals surface area contributed by atoms with Gasteiger partial charge in [0.15, 0.2) is 16.9 Å². The Hall–Kier alpha value is -4.26. The molecule has 42 heavy (non-hydrogen) atoms. The van der Waals surface area contributed by atoms with Gasteiger partial charge in [-0.1, -0.05) is 50.5 Å². The number of unbranched alkanes of at least 4 members (excludes halogenated alkanes) is 3. The number of carbonyl (C=O) groups excluding carboxylic acids is 1. The van der Waals surface area contributed by atoms with Crippen molar-refractivity contribution in [2.24, 2.45) is 0 Å². The number of amides is 1. The number of aryl methyl sites for hydroxylation is 2. The summed E-state index contributed by atoms with van der Waals surface area (Å²) in [5.41, 5.74) is 4.31. The summed E-state index contributed by atoms with van der Waals surface area (Å²) >= 11 is 0. The molecule has 1 unspecified atom stereocenters. The number of ether oxygens (including phenoxy) is 3. The molecule has 1 amide bonds. The first-order valence-corrected chi connectivity index (χ1v) is 14.7. The molecule has 7 nitrogen and oxygen atoms in total. The van der Waals surface area contributed by atoms with E-state index in [1.54, 1.807) is 19.1 Å². The topological polar surface area (TPSA) is 78.2 Å². The van der Waals surface area contributed by atoms with Crippen LogP contribution in [-0.4, -0.2) is 38.2 Å². The molecule has 7 heteroatoms. The molecule has 1 aromatic heterocycles. The van der Waals surface area contributed by atoms with Gasteiger partial charge in [-0.15, -0.1) is 0 Å². The van der Waals surface area contributed by atoms with Crippen LogP contribution in [0.3, 0.4) is 0 Å². The van der Waals surface area contributed by atoms with Crippen LogP contribution in [0.4, 0.5) is 0 Å². The molecule has 1 aliphatic rings. The number of methoxy groups -OCH3 is 2. The van der Waals surface area contributed by atoms with Crippen molar-refractivity contribution in [3.8, 4) is 17.2 Å². The van der Waals surface area contributed by atoms with Crippen LogP contribution in [-0.2, 0) is 6.42 Å². The van der Waals surface area contributed by atoms with Crippen LogP contribution in [0.5, 0.6) is 17.2 Å². The minimum atomic E-state index is -0.576. The van der Waals surface area contributed by atoms with Crippen molar-refractivity contribution < 1.29 is 23.4 Å². The molecule has 0 N–H and O–H groups in total. The number of rotatable bonds is 12. The fraction of sp³-hybridized carbons (Fsp3) is 0.371. The van der Waals surface area contributed by atoms with Crippen LogP contribution in [0.25, 0.3) is 11.0 Å². The summed E-state index contributed by atoms with van der Waals surface area (Å²) in [6.07, 6.45) is 5.10. The molecule has 2 heterocycles. The van der Waals surface area contributed by atoms with Gasteiger partial charge in [0, 0.05) is 6.54 Å². The van der Waals surface area contributed by atoms with Gasteiger partial charge in [-0.2, -0.15) is 0 Å². The minimum absolute atomic E-state index is 0.119. The highest BCUT2D eigenvalue weighted by Crippen LogP contribution is 2.39. The number of hydrogen-bond acceptors (Lipinski definition) is 6. The van der Waals surface area contributed by atoms with E-state index in [9.17, 15) is 9.59 Å².